The molecule has 1 aromatic rings. The van der Waals surface area contributed by atoms with Crippen LogP contribution in [0.5, 0.6) is 0 Å². The molecule has 0 saturated carbocycles. The number of sulfone groups is 1. The fraction of sp³-hybridized carbons (Fsp3) is 0.300. The second kappa shape index (κ2) is 4.73. The zero-order valence-electron chi connectivity index (χ0n) is 9.07. The van der Waals surface area contributed by atoms with Crippen molar-refractivity contribution in [1.29, 1.82) is 0 Å². The largest absolute Gasteiger partial charge is 0.481 e. The van der Waals surface area contributed by atoms with Crippen LogP contribution in [0.25, 0.3) is 0 Å². The molecule has 0 aliphatic rings. The molecule has 17 heavy (non-hydrogen) atoms. The molecular formula is C10H10BrFO4S. The standard InChI is InChI=1S/C10H10BrFO4S/c1-5(10(13)14)6-3-7(11)9(8(12)4-6)17(2,15)16/h3-5H,1-2H3,(H,13,14). The van der Waals surface area contributed by atoms with Gasteiger partial charge in [-0.05, 0) is 40.5 Å². The molecule has 1 N–H and O–H groups in total. The number of carbonyl (C=O) groups is 1. The molecule has 4 nitrogen and oxygen atoms in total. The van der Waals surface area contributed by atoms with Crippen LogP contribution >= 0.6 is 15.9 Å². The van der Waals surface area contributed by atoms with Crippen molar-refractivity contribution in [2.75, 3.05) is 6.26 Å². The summed E-state index contributed by atoms with van der Waals surface area (Å²) in [4.78, 5) is 10.3. The Morgan fingerprint density at radius 1 is 1.47 bits per heavy atom. The van der Waals surface area contributed by atoms with Gasteiger partial charge in [0.2, 0.25) is 0 Å². The minimum absolute atomic E-state index is 0.0306. The van der Waals surface area contributed by atoms with E-state index in [-0.39, 0.29) is 10.0 Å². The summed E-state index contributed by atoms with van der Waals surface area (Å²) in [5.74, 6) is -2.97. The van der Waals surface area contributed by atoms with E-state index in [2.05, 4.69) is 15.9 Å². The Hall–Kier alpha value is -0.950. The van der Waals surface area contributed by atoms with Crippen LogP contribution in [0.15, 0.2) is 21.5 Å². The average molecular weight is 325 g/mol. The Morgan fingerprint density at radius 3 is 2.35 bits per heavy atom. The molecular weight excluding hydrogens is 315 g/mol. The molecule has 1 aromatic carbocycles. The molecule has 0 aliphatic carbocycles. The zero-order chi connectivity index (χ0) is 13.4. The zero-order valence-corrected chi connectivity index (χ0v) is 11.5. The summed E-state index contributed by atoms with van der Waals surface area (Å²) >= 11 is 2.94. The van der Waals surface area contributed by atoms with E-state index in [9.17, 15) is 17.6 Å². The number of carboxylic acids is 1. The third kappa shape index (κ3) is 3.04. The molecule has 0 saturated heterocycles. The second-order valence-corrected chi connectivity index (χ2v) is 6.45. The van der Waals surface area contributed by atoms with Crippen LogP contribution in [0.3, 0.4) is 0 Å². The van der Waals surface area contributed by atoms with Gasteiger partial charge in [-0.3, -0.25) is 4.79 Å². The highest BCUT2D eigenvalue weighted by atomic mass is 79.9. The van der Waals surface area contributed by atoms with Crippen molar-refractivity contribution in [3.05, 3.63) is 28.0 Å². The van der Waals surface area contributed by atoms with Crippen LogP contribution in [-0.2, 0) is 14.6 Å². The van der Waals surface area contributed by atoms with Gasteiger partial charge in [0.1, 0.15) is 10.7 Å². The summed E-state index contributed by atoms with van der Waals surface area (Å²) in [5, 5.41) is 8.79. The first-order chi connectivity index (χ1) is 7.64. The van der Waals surface area contributed by atoms with Gasteiger partial charge in [0.25, 0.3) is 0 Å². The van der Waals surface area contributed by atoms with Crippen LogP contribution in [0.1, 0.15) is 18.4 Å². The van der Waals surface area contributed by atoms with Gasteiger partial charge in [-0.1, -0.05) is 0 Å². The SMILES string of the molecule is CC(C(=O)O)c1cc(F)c(S(C)(=O)=O)c(Br)c1. The van der Waals surface area contributed by atoms with Crippen molar-refractivity contribution in [2.45, 2.75) is 17.7 Å². The first-order valence-electron chi connectivity index (χ1n) is 4.56. The third-order valence-corrected chi connectivity index (χ3v) is 4.31. The Balaban J connectivity index is 3.43. The lowest BCUT2D eigenvalue weighted by Crippen LogP contribution is -2.10. The molecule has 0 spiro atoms. The lowest BCUT2D eigenvalue weighted by atomic mass is 10.0. The van der Waals surface area contributed by atoms with Crippen molar-refractivity contribution in [1.82, 2.24) is 0 Å². The summed E-state index contributed by atoms with van der Waals surface area (Å²) < 4.78 is 36.3. The monoisotopic (exact) mass is 324 g/mol. The van der Waals surface area contributed by atoms with Crippen LogP contribution in [-0.4, -0.2) is 25.7 Å². The predicted molar refractivity (Wildman–Crippen MR) is 63.3 cm³/mol. The Labute approximate surface area is 107 Å². The van der Waals surface area contributed by atoms with E-state index in [0.717, 1.165) is 12.3 Å². The molecule has 0 heterocycles. The highest BCUT2D eigenvalue weighted by molar-refractivity contribution is 9.10. The first-order valence-corrected chi connectivity index (χ1v) is 7.25. The summed E-state index contributed by atoms with van der Waals surface area (Å²) in [6, 6.07) is 2.23. The number of carboxylic acid groups (broad SMARTS) is 1. The number of benzene rings is 1. The van der Waals surface area contributed by atoms with Gasteiger partial charge in [-0.15, -0.1) is 0 Å². The Kier molecular flexibility index (Phi) is 3.93. The first kappa shape index (κ1) is 14.1. The van der Waals surface area contributed by atoms with Crippen molar-refractivity contribution in [2.24, 2.45) is 0 Å². The molecule has 0 bridgehead atoms. The van der Waals surface area contributed by atoms with Crippen molar-refractivity contribution >= 4 is 31.7 Å². The second-order valence-electron chi connectivity index (χ2n) is 3.65. The Morgan fingerprint density at radius 2 is 2.00 bits per heavy atom. The molecule has 0 amide bonds. The van der Waals surface area contributed by atoms with Crippen LogP contribution < -0.4 is 0 Å². The van der Waals surface area contributed by atoms with Crippen molar-refractivity contribution < 1.29 is 22.7 Å². The maximum Gasteiger partial charge on any atom is 0.310 e. The number of hydrogen-bond acceptors (Lipinski definition) is 3. The lowest BCUT2D eigenvalue weighted by molar-refractivity contribution is -0.138. The van der Waals surface area contributed by atoms with Gasteiger partial charge < -0.3 is 5.11 Å². The third-order valence-electron chi connectivity index (χ3n) is 2.26. The number of rotatable bonds is 3. The maximum atomic E-state index is 13.6. The summed E-state index contributed by atoms with van der Waals surface area (Å²) in [5.41, 5.74) is 0.203. The minimum Gasteiger partial charge on any atom is -0.481 e. The lowest BCUT2D eigenvalue weighted by Gasteiger charge is -2.10. The van der Waals surface area contributed by atoms with E-state index in [4.69, 9.17) is 5.11 Å². The molecule has 0 fully saturated rings. The molecule has 1 unspecified atom stereocenters. The van der Waals surface area contributed by atoms with Crippen LogP contribution in [0, 0.1) is 5.82 Å². The van der Waals surface area contributed by atoms with E-state index < -0.39 is 32.4 Å². The highest BCUT2D eigenvalue weighted by Crippen LogP contribution is 2.29. The molecule has 0 radical (unpaired) electrons. The molecule has 1 rings (SSSR count). The average Bonchev–Trinajstić information content (AvgIpc) is 2.12. The molecule has 1 atom stereocenters. The van der Waals surface area contributed by atoms with Gasteiger partial charge in [0, 0.05) is 10.7 Å². The Bertz CT molecular complexity index is 545. The molecule has 7 heteroatoms. The number of hydrogen-bond donors (Lipinski definition) is 1. The quantitative estimate of drug-likeness (QED) is 0.925. The van der Waals surface area contributed by atoms with E-state index in [1.54, 1.807) is 0 Å². The normalized spacial score (nSPS) is 13.4. The van der Waals surface area contributed by atoms with Crippen molar-refractivity contribution in [3.63, 3.8) is 0 Å². The fourth-order valence-electron chi connectivity index (χ4n) is 1.33. The van der Waals surface area contributed by atoms with Gasteiger partial charge in [0.15, 0.2) is 9.84 Å². The predicted octanol–water partition coefficient (Wildman–Crippen LogP) is 2.18. The summed E-state index contributed by atoms with van der Waals surface area (Å²) in [7, 11) is -3.70. The maximum absolute atomic E-state index is 13.6. The number of halogens is 2. The summed E-state index contributed by atoms with van der Waals surface area (Å²) in [6.07, 6.45) is 0.885. The minimum atomic E-state index is -3.70. The van der Waals surface area contributed by atoms with E-state index in [1.165, 1.54) is 13.0 Å². The van der Waals surface area contributed by atoms with Gasteiger partial charge >= 0.3 is 5.97 Å². The molecule has 94 valence electrons. The van der Waals surface area contributed by atoms with Crippen molar-refractivity contribution in [3.8, 4) is 0 Å². The summed E-state index contributed by atoms with van der Waals surface area (Å²) in [6.45, 7) is 1.39. The molecule has 0 aliphatic heterocycles. The fourth-order valence-corrected chi connectivity index (χ4v) is 3.49. The molecule has 0 aromatic heterocycles. The van der Waals surface area contributed by atoms with Crippen LogP contribution in [0.4, 0.5) is 4.39 Å². The highest BCUT2D eigenvalue weighted by Gasteiger charge is 2.22. The van der Waals surface area contributed by atoms with Crippen LogP contribution in [0.2, 0.25) is 0 Å². The van der Waals surface area contributed by atoms with E-state index in [0.29, 0.717) is 0 Å². The van der Waals surface area contributed by atoms with E-state index >= 15 is 0 Å². The topological polar surface area (TPSA) is 71.4 Å². The van der Waals surface area contributed by atoms with E-state index in [1.807, 2.05) is 0 Å². The van der Waals surface area contributed by atoms with Gasteiger partial charge in [-0.2, -0.15) is 0 Å². The van der Waals surface area contributed by atoms with Gasteiger partial charge in [-0.25, -0.2) is 12.8 Å². The van der Waals surface area contributed by atoms with Gasteiger partial charge in [0.05, 0.1) is 5.92 Å². The number of aliphatic carboxylic acids is 1. The smallest absolute Gasteiger partial charge is 0.310 e.